The van der Waals surface area contributed by atoms with E-state index in [0.29, 0.717) is 18.8 Å². The van der Waals surface area contributed by atoms with Crippen LogP contribution in [0.5, 0.6) is 0 Å². The minimum Gasteiger partial charge on any atom is -0.383 e. The van der Waals surface area contributed by atoms with Gasteiger partial charge in [0.15, 0.2) is 10.6 Å². The Balaban J connectivity index is 2.07. The second-order valence-corrected chi connectivity index (χ2v) is 6.57. The van der Waals surface area contributed by atoms with Gasteiger partial charge in [-0.3, -0.25) is 18.8 Å². The van der Waals surface area contributed by atoms with Crippen molar-refractivity contribution in [2.75, 3.05) is 30.0 Å². The van der Waals surface area contributed by atoms with Crippen molar-refractivity contribution >= 4 is 34.0 Å². The van der Waals surface area contributed by atoms with E-state index >= 15 is 0 Å². The number of H-pyrrole nitrogens is 1. The minimum absolute atomic E-state index is 0.0602. The van der Waals surface area contributed by atoms with Gasteiger partial charge in [0.1, 0.15) is 6.07 Å². The number of aromatic nitrogens is 2. The first-order chi connectivity index (χ1) is 12.4. The SMILES string of the molecule is CC(=O)NCCNc1ccc(Nc2nc(S(C)=O)c(C#N)c(=O)[nH]2)cc1. The van der Waals surface area contributed by atoms with Crippen molar-refractivity contribution in [3.05, 3.63) is 40.2 Å². The Morgan fingerprint density at radius 3 is 2.50 bits per heavy atom. The standard InChI is InChI=1S/C16H18N6O3S/c1-10(23)18-7-8-19-11-3-5-12(6-4-11)20-16-21-14(24)13(9-17)15(22-16)26(2)25/h3-6,19H,7-8H2,1-2H3,(H,18,23)(H2,20,21,22,24). The van der Waals surface area contributed by atoms with Gasteiger partial charge >= 0.3 is 0 Å². The molecule has 0 aliphatic rings. The molecule has 1 unspecified atom stereocenters. The third-order valence-corrected chi connectivity index (χ3v) is 4.09. The Morgan fingerprint density at radius 1 is 1.27 bits per heavy atom. The lowest BCUT2D eigenvalue weighted by Gasteiger charge is -2.10. The maximum atomic E-state index is 11.9. The fourth-order valence-electron chi connectivity index (χ4n) is 2.07. The van der Waals surface area contributed by atoms with Crippen LogP contribution in [-0.4, -0.2) is 39.4 Å². The van der Waals surface area contributed by atoms with Gasteiger partial charge in [-0.15, -0.1) is 0 Å². The molecule has 1 amide bonds. The van der Waals surface area contributed by atoms with E-state index < -0.39 is 16.4 Å². The summed E-state index contributed by atoms with van der Waals surface area (Å²) in [6.07, 6.45) is 1.35. The quantitative estimate of drug-likeness (QED) is 0.412. The number of carbonyl (C=O) groups is 1. The lowest BCUT2D eigenvalue weighted by Crippen LogP contribution is -2.26. The number of hydrogen-bond donors (Lipinski definition) is 4. The third kappa shape index (κ3) is 5.15. The van der Waals surface area contributed by atoms with E-state index in [1.54, 1.807) is 18.2 Å². The lowest BCUT2D eigenvalue weighted by atomic mass is 10.3. The third-order valence-electron chi connectivity index (χ3n) is 3.25. The second-order valence-electron chi connectivity index (χ2n) is 5.27. The maximum absolute atomic E-state index is 11.9. The van der Waals surface area contributed by atoms with Crippen molar-refractivity contribution in [3.63, 3.8) is 0 Å². The maximum Gasteiger partial charge on any atom is 0.271 e. The molecule has 0 aliphatic carbocycles. The number of anilines is 3. The molecule has 136 valence electrons. The zero-order chi connectivity index (χ0) is 19.1. The summed E-state index contributed by atoms with van der Waals surface area (Å²) in [5.41, 5.74) is 0.609. The van der Waals surface area contributed by atoms with Crippen LogP contribution < -0.4 is 21.5 Å². The number of rotatable bonds is 7. The van der Waals surface area contributed by atoms with E-state index in [-0.39, 0.29) is 22.4 Å². The highest BCUT2D eigenvalue weighted by atomic mass is 32.2. The van der Waals surface area contributed by atoms with Gasteiger partial charge in [0.25, 0.3) is 5.56 Å². The normalized spacial score (nSPS) is 11.3. The monoisotopic (exact) mass is 374 g/mol. The highest BCUT2D eigenvalue weighted by molar-refractivity contribution is 7.84. The van der Waals surface area contributed by atoms with Crippen LogP contribution in [0.2, 0.25) is 0 Å². The summed E-state index contributed by atoms with van der Waals surface area (Å²) in [6, 6.07) is 8.88. The second kappa shape index (κ2) is 8.77. The number of nitrogens with zero attached hydrogens (tertiary/aromatic N) is 2. The molecule has 2 aromatic rings. The van der Waals surface area contributed by atoms with E-state index in [0.717, 1.165) is 5.69 Å². The van der Waals surface area contributed by atoms with E-state index in [1.807, 2.05) is 12.1 Å². The molecular weight excluding hydrogens is 356 g/mol. The van der Waals surface area contributed by atoms with Gasteiger partial charge in [-0.25, -0.2) is 4.98 Å². The number of nitrogens with one attached hydrogen (secondary N) is 4. The van der Waals surface area contributed by atoms with Gasteiger partial charge in [-0.05, 0) is 24.3 Å². The molecule has 0 bridgehead atoms. The van der Waals surface area contributed by atoms with E-state index in [9.17, 15) is 13.8 Å². The first-order valence-electron chi connectivity index (χ1n) is 7.64. The average Bonchev–Trinajstić information content (AvgIpc) is 2.59. The zero-order valence-electron chi connectivity index (χ0n) is 14.3. The Bertz CT molecular complexity index is 917. The summed E-state index contributed by atoms with van der Waals surface area (Å²) in [5.74, 6) is 0.0215. The first kappa shape index (κ1) is 19.1. The summed E-state index contributed by atoms with van der Waals surface area (Å²) in [4.78, 5) is 29.2. The van der Waals surface area contributed by atoms with Crippen LogP contribution in [0.4, 0.5) is 17.3 Å². The molecule has 1 aromatic carbocycles. The summed E-state index contributed by atoms with van der Waals surface area (Å²) >= 11 is 0. The topological polar surface area (TPSA) is 140 Å². The number of carbonyl (C=O) groups excluding carboxylic acids is 1. The van der Waals surface area contributed by atoms with Crippen LogP contribution in [0.15, 0.2) is 34.1 Å². The fourth-order valence-corrected chi connectivity index (χ4v) is 2.72. The minimum atomic E-state index is -1.56. The number of benzene rings is 1. The van der Waals surface area contributed by atoms with Gasteiger partial charge < -0.3 is 16.0 Å². The highest BCUT2D eigenvalue weighted by Crippen LogP contribution is 2.17. The number of aromatic amines is 1. The van der Waals surface area contributed by atoms with Crippen molar-refractivity contribution in [1.82, 2.24) is 15.3 Å². The summed E-state index contributed by atoms with van der Waals surface area (Å²) in [7, 11) is -1.56. The van der Waals surface area contributed by atoms with Crippen LogP contribution >= 0.6 is 0 Å². The van der Waals surface area contributed by atoms with Crippen molar-refractivity contribution in [3.8, 4) is 6.07 Å². The van der Waals surface area contributed by atoms with Crippen LogP contribution in [0.3, 0.4) is 0 Å². The zero-order valence-corrected chi connectivity index (χ0v) is 15.1. The molecule has 4 N–H and O–H groups in total. The predicted octanol–water partition coefficient (Wildman–Crippen LogP) is 0.671. The molecule has 0 aliphatic heterocycles. The van der Waals surface area contributed by atoms with Gasteiger partial charge in [0.2, 0.25) is 11.9 Å². The van der Waals surface area contributed by atoms with Gasteiger partial charge in [0, 0.05) is 37.6 Å². The molecular formula is C16H18N6O3S. The van der Waals surface area contributed by atoms with Crippen molar-refractivity contribution in [1.29, 1.82) is 5.26 Å². The number of amides is 1. The van der Waals surface area contributed by atoms with Gasteiger partial charge in [-0.2, -0.15) is 5.26 Å². The van der Waals surface area contributed by atoms with Crippen LogP contribution in [0.25, 0.3) is 0 Å². The highest BCUT2D eigenvalue weighted by Gasteiger charge is 2.14. The average molecular weight is 374 g/mol. The molecule has 9 nitrogen and oxygen atoms in total. The summed E-state index contributed by atoms with van der Waals surface area (Å²) in [6.45, 7) is 2.56. The lowest BCUT2D eigenvalue weighted by molar-refractivity contribution is -0.118. The van der Waals surface area contributed by atoms with Crippen LogP contribution in [0, 0.1) is 11.3 Å². The van der Waals surface area contributed by atoms with E-state index in [1.165, 1.54) is 13.2 Å². The van der Waals surface area contributed by atoms with Crippen molar-refractivity contribution in [2.45, 2.75) is 11.9 Å². The molecule has 10 heteroatoms. The molecule has 1 atom stereocenters. The molecule has 1 aromatic heterocycles. The number of nitriles is 1. The molecule has 0 saturated carbocycles. The molecule has 0 fully saturated rings. The molecule has 0 spiro atoms. The largest absolute Gasteiger partial charge is 0.383 e. The molecule has 26 heavy (non-hydrogen) atoms. The van der Waals surface area contributed by atoms with Crippen LogP contribution in [0.1, 0.15) is 12.5 Å². The molecule has 1 heterocycles. The molecule has 2 rings (SSSR count). The predicted molar refractivity (Wildman–Crippen MR) is 98.8 cm³/mol. The first-order valence-corrected chi connectivity index (χ1v) is 9.19. The van der Waals surface area contributed by atoms with E-state index in [4.69, 9.17) is 5.26 Å². The van der Waals surface area contributed by atoms with Crippen molar-refractivity contribution < 1.29 is 9.00 Å². The van der Waals surface area contributed by atoms with Gasteiger partial charge in [-0.1, -0.05) is 0 Å². The smallest absolute Gasteiger partial charge is 0.271 e. The summed E-state index contributed by atoms with van der Waals surface area (Å²) in [5, 5.41) is 17.7. The van der Waals surface area contributed by atoms with Crippen molar-refractivity contribution in [2.24, 2.45) is 0 Å². The molecule has 0 radical (unpaired) electrons. The number of hydrogen-bond acceptors (Lipinski definition) is 7. The summed E-state index contributed by atoms with van der Waals surface area (Å²) < 4.78 is 11.7. The Hall–Kier alpha value is -3.19. The Kier molecular flexibility index (Phi) is 6.46. The van der Waals surface area contributed by atoms with Gasteiger partial charge in [0.05, 0.1) is 10.8 Å². The Labute approximate surface area is 152 Å². The van der Waals surface area contributed by atoms with E-state index in [2.05, 4.69) is 25.9 Å². The fraction of sp³-hybridized carbons (Fsp3) is 0.250. The molecule has 0 saturated heterocycles. The Morgan fingerprint density at radius 2 is 1.92 bits per heavy atom. The van der Waals surface area contributed by atoms with Crippen LogP contribution in [-0.2, 0) is 15.6 Å².